The van der Waals surface area contributed by atoms with Crippen LogP contribution in [0.15, 0.2) is 24.3 Å². The predicted molar refractivity (Wildman–Crippen MR) is 189 cm³/mol. The molecule has 0 saturated heterocycles. The summed E-state index contributed by atoms with van der Waals surface area (Å²) in [6.45, 7) is -12.0. The third kappa shape index (κ3) is 12.4. The van der Waals surface area contributed by atoms with Gasteiger partial charge in [0.1, 0.15) is 13.2 Å². The zero-order valence-corrected chi connectivity index (χ0v) is 41.4. The Morgan fingerprint density at radius 3 is 0.593 bits per heavy atom. The molecule has 0 rings (SSSR count). The predicted octanol–water partition coefficient (Wildman–Crippen LogP) is 16.0. The van der Waals surface area contributed by atoms with Crippen LogP contribution >= 0.6 is 0 Å². The topological polar surface area (TPSA) is 71.1 Å². The van der Waals surface area contributed by atoms with Crippen molar-refractivity contribution in [2.45, 2.75) is 157 Å². The molecule has 0 aliphatic rings. The molecule has 0 saturated carbocycles. The Balaban J connectivity index is 7.58. The van der Waals surface area contributed by atoms with Gasteiger partial charge in [-0.2, -0.15) is 189 Å². The summed E-state index contributed by atoms with van der Waals surface area (Å²) in [5, 5.41) is 0. The second-order valence-corrected chi connectivity index (χ2v) is 20.9. The monoisotopic (exact) mass is 1400 g/mol. The van der Waals surface area contributed by atoms with Crippen molar-refractivity contribution in [1.82, 2.24) is 0 Å². The Morgan fingerprint density at radius 1 is 0.291 bits per heavy atom. The highest BCUT2D eigenvalue weighted by Crippen LogP contribution is 2.69. The maximum Gasteiger partial charge on any atom is 0.389 e. The fourth-order valence-corrected chi connectivity index (χ4v) is 7.33. The summed E-state index contributed by atoms with van der Waals surface area (Å²) in [6, 6.07) is -3.01. The van der Waals surface area contributed by atoms with E-state index in [0.29, 0.717) is 13.8 Å². The van der Waals surface area contributed by atoms with Crippen LogP contribution in [0.25, 0.3) is 0 Å². The van der Waals surface area contributed by atoms with Crippen LogP contribution in [0, 0.1) is 0 Å². The Kier molecular flexibility index (Phi) is 21.6. The summed E-state index contributed by atoms with van der Waals surface area (Å²) < 4.78 is 625. The molecule has 0 aromatic heterocycles. The smallest absolute Gasteiger partial charge is 0.389 e. The summed E-state index contributed by atoms with van der Waals surface area (Å²) in [6.07, 6.45) is -9.41. The number of alkyl halides is 43. The largest absolute Gasteiger partial charge is 0.456 e. The summed E-state index contributed by atoms with van der Waals surface area (Å²) in [5.41, 5.74) is -2.41. The Morgan fingerprint density at radius 2 is 0.442 bits per heavy atom. The fourth-order valence-electron chi connectivity index (χ4n) is 5.25. The number of carbonyl (C=O) groups excluding carboxylic acids is 2. The lowest BCUT2D eigenvalue weighted by atomic mass is 9.85. The maximum atomic E-state index is 14.7. The molecule has 0 aromatic carbocycles. The number of carbonyl (C=O) groups is 2. The van der Waals surface area contributed by atoms with Gasteiger partial charge >= 0.3 is 145 Å². The van der Waals surface area contributed by atoms with Gasteiger partial charge in [-0.25, -0.2) is 9.59 Å². The first-order chi connectivity index (χ1) is 36.8. The van der Waals surface area contributed by atoms with Crippen molar-refractivity contribution in [2.24, 2.45) is 0 Å². The molecule has 0 radical (unpaired) electrons. The Bertz CT molecular complexity index is 2300. The van der Waals surface area contributed by atoms with E-state index in [0.717, 1.165) is 0 Å². The minimum absolute atomic E-state index is 0.390. The van der Waals surface area contributed by atoms with Crippen LogP contribution in [0.2, 0.25) is 12.6 Å². The van der Waals surface area contributed by atoms with Gasteiger partial charge in [0.25, 0.3) is 0 Å². The van der Waals surface area contributed by atoms with Gasteiger partial charge < -0.3 is 18.3 Å². The lowest BCUT2D eigenvalue weighted by molar-refractivity contribution is -0.470. The van der Waals surface area contributed by atoms with Gasteiger partial charge in [0, 0.05) is 17.6 Å². The summed E-state index contributed by atoms with van der Waals surface area (Å²) >= 11 is 0. The van der Waals surface area contributed by atoms with Crippen LogP contribution in [0.5, 0.6) is 0 Å². The molecule has 0 aromatic rings. The Hall–Kier alpha value is -4.45. The van der Waals surface area contributed by atoms with Crippen molar-refractivity contribution >= 4 is 20.5 Å². The van der Waals surface area contributed by atoms with E-state index in [1.165, 1.54) is 0 Å². The number of ether oxygens (including phenoxy) is 2. The molecular weight excluding hydrogens is 1370 g/mol. The number of rotatable bonds is 32. The minimum atomic E-state index is -9.84. The van der Waals surface area contributed by atoms with Crippen molar-refractivity contribution in [2.75, 3.05) is 26.4 Å². The van der Waals surface area contributed by atoms with Crippen molar-refractivity contribution in [1.29, 1.82) is 0 Å². The highest BCUT2D eigenvalue weighted by Gasteiger charge is 3.00. The molecule has 0 amide bonds. The van der Waals surface area contributed by atoms with Crippen LogP contribution in [0.1, 0.15) is 20.3 Å². The van der Waals surface area contributed by atoms with Crippen molar-refractivity contribution in [3.8, 4) is 0 Å². The van der Waals surface area contributed by atoms with Gasteiger partial charge in [-0.05, 0) is 26.4 Å². The molecule has 0 aliphatic heterocycles. The molecule has 510 valence electrons. The van der Waals surface area contributed by atoms with Crippen LogP contribution in [-0.4, -0.2) is 172 Å². The van der Waals surface area contributed by atoms with Gasteiger partial charge in [0.05, 0.1) is 0 Å². The summed E-state index contributed by atoms with van der Waals surface area (Å²) in [7, 11) is -7.22. The van der Waals surface area contributed by atoms with Gasteiger partial charge in [0.2, 0.25) is 0 Å². The van der Waals surface area contributed by atoms with E-state index in [1.807, 2.05) is 0 Å². The van der Waals surface area contributed by atoms with Crippen LogP contribution in [0.4, 0.5) is 189 Å². The number of hydrogen-bond acceptors (Lipinski definition) is 6. The zero-order valence-electron chi connectivity index (χ0n) is 40.4. The number of halogens is 43. The molecule has 0 unspecified atom stereocenters. The van der Waals surface area contributed by atoms with Gasteiger partial charge in [-0.3, -0.25) is 0 Å². The van der Waals surface area contributed by atoms with E-state index in [9.17, 15) is 198 Å². The highest BCUT2D eigenvalue weighted by molar-refractivity contribution is 6.66. The molecule has 0 atom stereocenters. The first-order valence-corrected chi connectivity index (χ1v) is 22.9. The van der Waals surface area contributed by atoms with E-state index in [4.69, 9.17) is 0 Å². The zero-order chi connectivity index (χ0) is 70.4. The average Bonchev–Trinajstić information content (AvgIpc) is 3.31. The van der Waals surface area contributed by atoms with E-state index in [1.54, 1.807) is 0 Å². The molecule has 6 nitrogen and oxygen atoms in total. The molecule has 50 heteroatoms. The van der Waals surface area contributed by atoms with Crippen LogP contribution in [0.3, 0.4) is 0 Å². The maximum absolute atomic E-state index is 14.7. The highest BCUT2D eigenvalue weighted by atomic mass is 28.4. The standard InChI is InChI=1S/C36H25F43O6Si/c1-12(2)14(80)82-8-16(37,38)21(48,49)25(56,57)29(64,65)33(72,73)35(76,77)31(68,69)27(60,61)23(52,53)18(41,42)10-84-86(5,7-6-20(45,46)47)85-11-19(43,44)24(54,55)28(62,63)32(70,71)36(78,79)34(74,75)30(66,67)26(58,59)22(50,51)17(39,40)9-83-15(81)13(3)4/h1,3,6-11H2,2,4-5H3. The van der Waals surface area contributed by atoms with E-state index in [2.05, 4.69) is 31.5 Å². The molecule has 0 N–H and O–H groups in total. The second-order valence-electron chi connectivity index (χ2n) is 17.5. The molecular formula is C36H25F43O6Si. The van der Waals surface area contributed by atoms with E-state index < -0.39 is 202 Å². The number of esters is 2. The first-order valence-electron chi connectivity index (χ1n) is 20.3. The SMILES string of the molecule is C=C(C)C(=O)OCC(F)(F)C(F)(F)C(F)(F)C(F)(F)C(F)(F)C(F)(F)C(F)(F)C(F)(F)C(F)(F)C(F)(F)CO[Si](C)(CCC(F)(F)F)OCC(F)(F)C(F)(F)C(F)(F)C(F)(F)C(F)(F)C(F)(F)C(F)(F)C(F)(F)C(F)(F)C(F)(F)COC(=O)C(=C)C. The summed E-state index contributed by atoms with van der Waals surface area (Å²) in [4.78, 5) is 22.2. The van der Waals surface area contributed by atoms with Crippen molar-refractivity contribution < 1.29 is 217 Å². The second kappa shape index (κ2) is 22.8. The van der Waals surface area contributed by atoms with Crippen molar-refractivity contribution in [3.05, 3.63) is 24.3 Å². The minimum Gasteiger partial charge on any atom is -0.456 e. The third-order valence-corrected chi connectivity index (χ3v) is 13.5. The first kappa shape index (κ1) is 81.5. The van der Waals surface area contributed by atoms with Crippen molar-refractivity contribution in [3.63, 3.8) is 0 Å². The molecule has 0 aliphatic carbocycles. The normalized spacial score (nSPS) is 16.1. The third-order valence-electron chi connectivity index (χ3n) is 10.8. The van der Waals surface area contributed by atoms with Crippen LogP contribution < -0.4 is 0 Å². The van der Waals surface area contributed by atoms with E-state index >= 15 is 0 Å². The summed E-state index contributed by atoms with van der Waals surface area (Å²) in [5.74, 6) is -187. The average molecular weight is 1400 g/mol. The quantitative estimate of drug-likeness (QED) is 0.0289. The number of hydrogen-bond donors (Lipinski definition) is 0. The van der Waals surface area contributed by atoms with Gasteiger partial charge in [-0.1, -0.05) is 13.2 Å². The van der Waals surface area contributed by atoms with Crippen LogP contribution in [-0.2, 0) is 27.9 Å². The molecule has 0 bridgehead atoms. The van der Waals surface area contributed by atoms with Gasteiger partial charge in [0.15, 0.2) is 13.2 Å². The molecule has 0 heterocycles. The molecule has 0 spiro atoms. The Labute approximate surface area is 446 Å². The fraction of sp³-hybridized carbons (Fsp3) is 0.833. The van der Waals surface area contributed by atoms with E-state index in [-0.39, 0.29) is 0 Å². The molecule has 0 fully saturated rings. The lowest BCUT2D eigenvalue weighted by Crippen LogP contribution is -2.77. The molecule has 86 heavy (non-hydrogen) atoms. The lowest BCUT2D eigenvalue weighted by Gasteiger charge is -2.45. The van der Waals surface area contributed by atoms with Gasteiger partial charge in [-0.15, -0.1) is 0 Å².